The van der Waals surface area contributed by atoms with Gasteiger partial charge >= 0.3 is 0 Å². The number of thioether (sulfide) groups is 1. The first kappa shape index (κ1) is 25.4. The third-order valence-corrected chi connectivity index (χ3v) is 7.87. The van der Waals surface area contributed by atoms with Gasteiger partial charge in [0.2, 0.25) is 11.8 Å². The van der Waals surface area contributed by atoms with Gasteiger partial charge in [-0.15, -0.1) is 11.8 Å². The second-order valence-corrected chi connectivity index (χ2v) is 10.8. The smallest absolute Gasteiger partial charge is 0.242 e. The van der Waals surface area contributed by atoms with Crippen molar-refractivity contribution < 1.29 is 9.59 Å². The van der Waals surface area contributed by atoms with Crippen molar-refractivity contribution >= 4 is 62.7 Å². The standard InChI is InChI=1S/C24H27BrCl2N2O2S/c1-16(24(31)28-20-4-2-3-5-20)29(13-17-6-9-19(25)10-7-17)23(30)15-32-14-18-8-11-21(26)22(27)12-18/h6-12,16,20H,2-5,13-15H2,1H3,(H,28,31)/t16-/m1/s1. The predicted molar refractivity (Wildman–Crippen MR) is 137 cm³/mol. The molecule has 32 heavy (non-hydrogen) atoms. The lowest BCUT2D eigenvalue weighted by molar-refractivity contribution is -0.138. The fraction of sp³-hybridized carbons (Fsp3) is 0.417. The molecular formula is C24H27BrCl2N2O2S. The molecule has 0 unspecified atom stereocenters. The first-order valence-electron chi connectivity index (χ1n) is 10.7. The normalized spacial score (nSPS) is 14.9. The largest absolute Gasteiger partial charge is 0.352 e. The maximum atomic E-state index is 13.2. The predicted octanol–water partition coefficient (Wildman–Crippen LogP) is 6.47. The van der Waals surface area contributed by atoms with Crippen molar-refractivity contribution in [1.82, 2.24) is 10.2 Å². The summed E-state index contributed by atoms with van der Waals surface area (Å²) in [6.45, 7) is 2.20. The quantitative estimate of drug-likeness (QED) is 0.384. The Labute approximate surface area is 212 Å². The number of nitrogens with zero attached hydrogens (tertiary/aromatic N) is 1. The number of carbonyl (C=O) groups is 2. The van der Waals surface area contributed by atoms with Crippen molar-refractivity contribution in [3.8, 4) is 0 Å². The number of hydrogen-bond donors (Lipinski definition) is 1. The summed E-state index contributed by atoms with van der Waals surface area (Å²) < 4.78 is 0.975. The lowest BCUT2D eigenvalue weighted by Gasteiger charge is -2.29. The van der Waals surface area contributed by atoms with Gasteiger partial charge in [0.25, 0.3) is 0 Å². The number of carbonyl (C=O) groups excluding carboxylic acids is 2. The third-order valence-electron chi connectivity index (χ3n) is 5.61. The highest BCUT2D eigenvalue weighted by Crippen LogP contribution is 2.25. The molecule has 2 amide bonds. The van der Waals surface area contributed by atoms with Crippen LogP contribution < -0.4 is 5.32 Å². The van der Waals surface area contributed by atoms with Crippen molar-refractivity contribution in [1.29, 1.82) is 0 Å². The van der Waals surface area contributed by atoms with E-state index in [9.17, 15) is 9.59 Å². The van der Waals surface area contributed by atoms with Crippen LogP contribution in [-0.4, -0.2) is 34.6 Å². The second kappa shape index (κ2) is 12.3. The molecule has 1 aliphatic rings. The average molecular weight is 558 g/mol. The molecular weight excluding hydrogens is 531 g/mol. The van der Waals surface area contributed by atoms with E-state index in [4.69, 9.17) is 23.2 Å². The summed E-state index contributed by atoms with van der Waals surface area (Å²) in [5, 5.41) is 4.15. The van der Waals surface area contributed by atoms with E-state index in [1.165, 1.54) is 11.8 Å². The summed E-state index contributed by atoms with van der Waals surface area (Å²) in [4.78, 5) is 27.8. The molecule has 2 aromatic rings. The SMILES string of the molecule is C[C@H](C(=O)NC1CCCC1)N(Cc1ccc(Br)cc1)C(=O)CSCc1ccc(Cl)c(Cl)c1. The molecule has 1 atom stereocenters. The molecule has 0 saturated heterocycles. The molecule has 0 aromatic heterocycles. The molecule has 172 valence electrons. The van der Waals surface area contributed by atoms with Gasteiger partial charge in [-0.3, -0.25) is 9.59 Å². The minimum atomic E-state index is -0.544. The Kier molecular flexibility index (Phi) is 9.77. The van der Waals surface area contributed by atoms with Crippen LogP contribution in [0.2, 0.25) is 10.0 Å². The molecule has 8 heteroatoms. The zero-order chi connectivity index (χ0) is 23.1. The summed E-state index contributed by atoms with van der Waals surface area (Å²) >= 11 is 17.0. The third kappa shape index (κ3) is 7.41. The zero-order valence-corrected chi connectivity index (χ0v) is 21.9. The van der Waals surface area contributed by atoms with Crippen molar-refractivity contribution in [2.45, 2.75) is 57.0 Å². The van der Waals surface area contributed by atoms with Crippen molar-refractivity contribution in [3.05, 3.63) is 68.1 Å². The van der Waals surface area contributed by atoms with E-state index in [0.717, 1.165) is 41.3 Å². The van der Waals surface area contributed by atoms with Gasteiger partial charge in [0.1, 0.15) is 6.04 Å². The molecule has 0 radical (unpaired) electrons. The Morgan fingerprint density at radius 1 is 1.09 bits per heavy atom. The van der Waals surface area contributed by atoms with E-state index in [0.29, 0.717) is 22.3 Å². The van der Waals surface area contributed by atoms with Crippen molar-refractivity contribution in [3.63, 3.8) is 0 Å². The van der Waals surface area contributed by atoms with E-state index < -0.39 is 6.04 Å². The van der Waals surface area contributed by atoms with Crippen LogP contribution in [0.15, 0.2) is 46.9 Å². The number of nitrogens with one attached hydrogen (secondary N) is 1. The highest BCUT2D eigenvalue weighted by molar-refractivity contribution is 9.10. The average Bonchev–Trinajstić information content (AvgIpc) is 3.28. The van der Waals surface area contributed by atoms with E-state index in [2.05, 4.69) is 21.2 Å². The fourth-order valence-electron chi connectivity index (χ4n) is 3.73. The lowest BCUT2D eigenvalue weighted by atomic mass is 10.1. The Morgan fingerprint density at radius 3 is 2.41 bits per heavy atom. The van der Waals surface area contributed by atoms with Crippen LogP contribution in [0.1, 0.15) is 43.7 Å². The first-order valence-corrected chi connectivity index (χ1v) is 13.4. The van der Waals surface area contributed by atoms with Gasteiger partial charge in [-0.05, 0) is 55.2 Å². The summed E-state index contributed by atoms with van der Waals surface area (Å²) in [5.41, 5.74) is 1.99. The lowest BCUT2D eigenvalue weighted by Crippen LogP contribution is -2.50. The molecule has 1 aliphatic carbocycles. The fourth-order valence-corrected chi connectivity index (χ4v) is 5.17. The van der Waals surface area contributed by atoms with E-state index in [-0.39, 0.29) is 23.6 Å². The van der Waals surface area contributed by atoms with Crippen molar-refractivity contribution in [2.24, 2.45) is 0 Å². The number of halogens is 3. The maximum Gasteiger partial charge on any atom is 0.242 e. The summed E-state index contributed by atoms with van der Waals surface area (Å²) in [7, 11) is 0. The van der Waals surface area contributed by atoms with Gasteiger partial charge in [0.15, 0.2) is 0 Å². The summed E-state index contributed by atoms with van der Waals surface area (Å²) in [6.07, 6.45) is 4.32. The monoisotopic (exact) mass is 556 g/mol. The van der Waals surface area contributed by atoms with Crippen LogP contribution in [0.5, 0.6) is 0 Å². The Balaban J connectivity index is 1.65. The first-order chi connectivity index (χ1) is 15.3. The van der Waals surface area contributed by atoms with Crippen LogP contribution >= 0.6 is 50.9 Å². The minimum absolute atomic E-state index is 0.0629. The molecule has 1 fully saturated rings. The molecule has 1 N–H and O–H groups in total. The number of rotatable bonds is 9. The Morgan fingerprint density at radius 2 is 1.75 bits per heavy atom. The second-order valence-electron chi connectivity index (χ2n) is 8.06. The summed E-state index contributed by atoms with van der Waals surface area (Å²) in [6, 6.07) is 13.0. The van der Waals surface area contributed by atoms with Gasteiger partial charge in [-0.25, -0.2) is 0 Å². The molecule has 0 heterocycles. The number of amides is 2. The van der Waals surface area contributed by atoms with Crippen LogP contribution in [0, 0.1) is 0 Å². The molecule has 2 aromatic carbocycles. The Bertz CT molecular complexity index is 936. The zero-order valence-electron chi connectivity index (χ0n) is 18.0. The van der Waals surface area contributed by atoms with Gasteiger partial charge in [-0.2, -0.15) is 0 Å². The highest BCUT2D eigenvalue weighted by atomic mass is 79.9. The minimum Gasteiger partial charge on any atom is -0.352 e. The van der Waals surface area contributed by atoms with E-state index >= 15 is 0 Å². The number of hydrogen-bond acceptors (Lipinski definition) is 3. The molecule has 0 spiro atoms. The Hall–Kier alpha value is -1.21. The van der Waals surface area contributed by atoms with Gasteiger partial charge < -0.3 is 10.2 Å². The van der Waals surface area contributed by atoms with Gasteiger partial charge in [-0.1, -0.05) is 70.2 Å². The van der Waals surface area contributed by atoms with Gasteiger partial charge in [0.05, 0.1) is 15.8 Å². The van der Waals surface area contributed by atoms with Crippen LogP contribution in [0.25, 0.3) is 0 Å². The van der Waals surface area contributed by atoms with E-state index in [1.54, 1.807) is 11.0 Å². The van der Waals surface area contributed by atoms with Crippen LogP contribution in [-0.2, 0) is 21.9 Å². The highest BCUT2D eigenvalue weighted by Gasteiger charge is 2.28. The van der Waals surface area contributed by atoms with Crippen molar-refractivity contribution in [2.75, 3.05) is 5.75 Å². The topological polar surface area (TPSA) is 49.4 Å². The van der Waals surface area contributed by atoms with Crippen LogP contribution in [0.3, 0.4) is 0 Å². The molecule has 1 saturated carbocycles. The molecule has 0 aliphatic heterocycles. The maximum absolute atomic E-state index is 13.2. The van der Waals surface area contributed by atoms with Crippen LogP contribution in [0.4, 0.5) is 0 Å². The number of benzene rings is 2. The molecule has 4 nitrogen and oxygen atoms in total. The molecule has 0 bridgehead atoms. The van der Waals surface area contributed by atoms with E-state index in [1.807, 2.05) is 43.3 Å². The summed E-state index contributed by atoms with van der Waals surface area (Å²) in [5.74, 6) is 0.763. The van der Waals surface area contributed by atoms with Gasteiger partial charge in [0, 0.05) is 22.8 Å². The molecule has 3 rings (SSSR count).